The minimum Gasteiger partial charge on any atom is -0.497 e. The second kappa shape index (κ2) is 8.10. The van der Waals surface area contributed by atoms with Gasteiger partial charge in [0.2, 0.25) is 0 Å². The van der Waals surface area contributed by atoms with Crippen molar-refractivity contribution < 1.29 is 17.9 Å². The van der Waals surface area contributed by atoms with Gasteiger partial charge in [0, 0.05) is 17.3 Å². The maximum atomic E-state index is 13.2. The molecule has 4 saturated carbocycles. The second-order valence-corrected chi connectivity index (χ2v) is 11.4. The molecule has 0 spiro atoms. The molecule has 2 aromatic carbocycles. The number of benzene rings is 2. The van der Waals surface area contributed by atoms with Crippen molar-refractivity contribution in [1.82, 2.24) is 5.32 Å². The summed E-state index contributed by atoms with van der Waals surface area (Å²) in [4.78, 5) is 13.3. The predicted molar refractivity (Wildman–Crippen MR) is 123 cm³/mol. The number of methoxy groups -OCH3 is 1. The maximum Gasteiger partial charge on any atom is 0.261 e. The van der Waals surface area contributed by atoms with Crippen molar-refractivity contribution in [3.8, 4) is 5.75 Å². The molecule has 0 atom stereocenters. The van der Waals surface area contributed by atoms with Crippen LogP contribution >= 0.6 is 0 Å². The topological polar surface area (TPSA) is 84.5 Å². The van der Waals surface area contributed by atoms with E-state index in [1.807, 2.05) is 6.92 Å². The highest BCUT2D eigenvalue weighted by atomic mass is 32.2. The molecule has 4 fully saturated rings. The van der Waals surface area contributed by atoms with E-state index in [4.69, 9.17) is 4.74 Å². The Morgan fingerprint density at radius 3 is 2.16 bits per heavy atom. The Bertz CT molecular complexity index is 1100. The number of ether oxygens (including phenoxy) is 1. The van der Waals surface area contributed by atoms with E-state index in [0.717, 1.165) is 17.4 Å². The number of nitrogens with one attached hydrogen (secondary N) is 2. The third-order valence-electron chi connectivity index (χ3n) is 7.63. The molecule has 170 valence electrons. The highest BCUT2D eigenvalue weighted by Crippen LogP contribution is 2.53. The van der Waals surface area contributed by atoms with Crippen LogP contribution < -0.4 is 14.8 Å². The minimum atomic E-state index is -3.83. The lowest BCUT2D eigenvalue weighted by molar-refractivity contribution is -0.0119. The van der Waals surface area contributed by atoms with Gasteiger partial charge in [-0.1, -0.05) is 6.07 Å². The van der Waals surface area contributed by atoms with Gasteiger partial charge in [-0.2, -0.15) is 0 Å². The predicted octanol–water partition coefficient (Wildman–Crippen LogP) is 4.36. The first-order valence-electron chi connectivity index (χ1n) is 11.4. The normalized spacial score (nSPS) is 28.4. The highest BCUT2D eigenvalue weighted by Gasteiger charge is 2.48. The van der Waals surface area contributed by atoms with Crippen molar-refractivity contribution in [2.75, 3.05) is 11.8 Å². The third-order valence-corrected chi connectivity index (χ3v) is 9.01. The van der Waals surface area contributed by atoms with E-state index in [1.165, 1.54) is 38.2 Å². The standard InChI is InChI=1S/C25H30N2O4S/c1-15-3-8-22(32(29,30)27-20-4-6-21(31-2)7-5-20)14-23(15)25(28)26-24-18-10-16-9-17(12-18)13-19(24)11-16/h3-8,14,16-19,24,27H,9-13H2,1-2H3,(H,26,28). The van der Waals surface area contributed by atoms with Crippen molar-refractivity contribution >= 4 is 21.6 Å². The average Bonchev–Trinajstić information content (AvgIpc) is 2.76. The summed E-state index contributed by atoms with van der Waals surface area (Å²) >= 11 is 0. The zero-order valence-corrected chi connectivity index (χ0v) is 19.3. The lowest BCUT2D eigenvalue weighted by Crippen LogP contribution is -2.55. The fraction of sp³-hybridized carbons (Fsp3) is 0.480. The molecule has 7 heteroatoms. The van der Waals surface area contributed by atoms with Gasteiger partial charge in [0.05, 0.1) is 12.0 Å². The molecule has 2 aromatic rings. The van der Waals surface area contributed by atoms with Gasteiger partial charge in [-0.25, -0.2) is 8.42 Å². The first-order chi connectivity index (χ1) is 15.3. The van der Waals surface area contributed by atoms with Crippen LogP contribution in [-0.4, -0.2) is 27.5 Å². The summed E-state index contributed by atoms with van der Waals surface area (Å²) in [6.45, 7) is 1.85. The molecule has 0 heterocycles. The van der Waals surface area contributed by atoms with Crippen LogP contribution in [0.4, 0.5) is 5.69 Å². The van der Waals surface area contributed by atoms with Gasteiger partial charge in [-0.05, 0) is 105 Å². The molecule has 1 amide bonds. The number of amides is 1. The summed E-state index contributed by atoms with van der Waals surface area (Å²) in [6, 6.07) is 11.6. The Hall–Kier alpha value is -2.54. The molecule has 0 aliphatic heterocycles. The van der Waals surface area contributed by atoms with Crippen LogP contribution in [0, 0.1) is 30.6 Å². The number of rotatable bonds is 6. The number of carbonyl (C=O) groups excluding carboxylic acids is 1. The van der Waals surface area contributed by atoms with Gasteiger partial charge in [-0.3, -0.25) is 9.52 Å². The molecule has 6 rings (SSSR count). The van der Waals surface area contributed by atoms with E-state index < -0.39 is 10.0 Å². The van der Waals surface area contributed by atoms with Gasteiger partial charge < -0.3 is 10.1 Å². The smallest absolute Gasteiger partial charge is 0.261 e. The van der Waals surface area contributed by atoms with E-state index in [-0.39, 0.29) is 16.8 Å². The summed E-state index contributed by atoms with van der Waals surface area (Å²) < 4.78 is 33.6. The van der Waals surface area contributed by atoms with Crippen molar-refractivity contribution in [1.29, 1.82) is 0 Å². The lowest BCUT2D eigenvalue weighted by Gasteiger charge is -2.54. The lowest BCUT2D eigenvalue weighted by atomic mass is 9.54. The molecular formula is C25H30N2O4S. The maximum absolute atomic E-state index is 13.2. The number of sulfonamides is 1. The minimum absolute atomic E-state index is 0.0779. The van der Waals surface area contributed by atoms with Gasteiger partial charge in [-0.15, -0.1) is 0 Å². The van der Waals surface area contributed by atoms with Gasteiger partial charge in [0.25, 0.3) is 15.9 Å². The van der Waals surface area contributed by atoms with E-state index in [9.17, 15) is 13.2 Å². The van der Waals surface area contributed by atoms with Crippen LogP contribution in [-0.2, 0) is 10.0 Å². The van der Waals surface area contributed by atoms with Crippen LogP contribution in [0.3, 0.4) is 0 Å². The Balaban J connectivity index is 1.34. The monoisotopic (exact) mass is 454 g/mol. The molecule has 4 aliphatic rings. The molecule has 4 aliphatic carbocycles. The zero-order chi connectivity index (χ0) is 22.5. The van der Waals surface area contributed by atoms with Crippen LogP contribution in [0.5, 0.6) is 5.75 Å². The SMILES string of the molecule is COc1ccc(NS(=O)(=O)c2ccc(C)c(C(=O)NC3C4CC5CC(C4)CC3C5)c2)cc1. The molecule has 0 saturated heterocycles. The highest BCUT2D eigenvalue weighted by molar-refractivity contribution is 7.92. The fourth-order valence-corrected chi connectivity index (χ4v) is 7.36. The van der Waals surface area contributed by atoms with E-state index in [2.05, 4.69) is 10.0 Å². The number of anilines is 1. The largest absolute Gasteiger partial charge is 0.497 e. The van der Waals surface area contributed by atoms with Gasteiger partial charge in [0.15, 0.2) is 0 Å². The van der Waals surface area contributed by atoms with Crippen molar-refractivity contribution in [3.63, 3.8) is 0 Å². The molecule has 32 heavy (non-hydrogen) atoms. The number of hydrogen-bond acceptors (Lipinski definition) is 4. The summed E-state index contributed by atoms with van der Waals surface area (Å²) in [6.07, 6.45) is 6.25. The Kier molecular flexibility index (Phi) is 5.40. The fourth-order valence-electron chi connectivity index (χ4n) is 6.28. The third kappa shape index (κ3) is 3.98. The molecule has 0 radical (unpaired) electrons. The Morgan fingerprint density at radius 1 is 0.938 bits per heavy atom. The zero-order valence-electron chi connectivity index (χ0n) is 18.5. The molecule has 4 bridgehead atoms. The summed E-state index contributed by atoms with van der Waals surface area (Å²) in [5.74, 6) is 3.29. The molecule has 6 nitrogen and oxygen atoms in total. The summed E-state index contributed by atoms with van der Waals surface area (Å²) in [5, 5.41) is 3.29. The van der Waals surface area contributed by atoms with Gasteiger partial charge >= 0.3 is 0 Å². The summed E-state index contributed by atoms with van der Waals surface area (Å²) in [5.41, 5.74) is 1.64. The molecule has 0 unspecified atom stereocenters. The van der Waals surface area contributed by atoms with E-state index in [0.29, 0.717) is 28.8 Å². The van der Waals surface area contributed by atoms with E-state index in [1.54, 1.807) is 43.5 Å². The second-order valence-electron chi connectivity index (χ2n) is 9.74. The number of carbonyl (C=O) groups is 1. The van der Waals surface area contributed by atoms with Crippen molar-refractivity contribution in [2.24, 2.45) is 23.7 Å². The number of aryl methyl sites for hydroxylation is 1. The van der Waals surface area contributed by atoms with Crippen LogP contribution in [0.2, 0.25) is 0 Å². The van der Waals surface area contributed by atoms with Crippen LogP contribution in [0.1, 0.15) is 48.0 Å². The van der Waals surface area contributed by atoms with E-state index >= 15 is 0 Å². The molecular weight excluding hydrogens is 424 g/mol. The van der Waals surface area contributed by atoms with Crippen LogP contribution in [0.15, 0.2) is 47.4 Å². The molecule has 2 N–H and O–H groups in total. The van der Waals surface area contributed by atoms with Crippen LogP contribution in [0.25, 0.3) is 0 Å². The van der Waals surface area contributed by atoms with Crippen molar-refractivity contribution in [2.45, 2.75) is 50.0 Å². The first kappa shape index (κ1) is 21.3. The Morgan fingerprint density at radius 2 is 1.56 bits per heavy atom. The first-order valence-corrected chi connectivity index (χ1v) is 12.9. The quantitative estimate of drug-likeness (QED) is 0.679. The van der Waals surface area contributed by atoms with Gasteiger partial charge in [0.1, 0.15) is 5.75 Å². The molecule has 0 aromatic heterocycles. The summed E-state index contributed by atoms with van der Waals surface area (Å²) in [7, 11) is -2.27. The number of hydrogen-bond donors (Lipinski definition) is 2. The average molecular weight is 455 g/mol. The van der Waals surface area contributed by atoms with Crippen molar-refractivity contribution in [3.05, 3.63) is 53.6 Å². The Labute approximate surface area is 189 Å².